The fraction of sp³-hybridized carbons (Fsp3) is 0. The van der Waals surface area contributed by atoms with Crippen LogP contribution in [0.5, 0.6) is 0 Å². The monoisotopic (exact) mass is 320 g/mol. The summed E-state index contributed by atoms with van der Waals surface area (Å²) in [6, 6.07) is 11.2. The summed E-state index contributed by atoms with van der Waals surface area (Å²) < 4.78 is 30.6. The van der Waals surface area contributed by atoms with Gasteiger partial charge in [-0.1, -0.05) is 0 Å². The van der Waals surface area contributed by atoms with Gasteiger partial charge in [-0.15, -0.1) is 11.3 Å². The Morgan fingerprint density at radius 1 is 1.24 bits per heavy atom. The second-order valence-electron chi connectivity index (χ2n) is 4.04. The van der Waals surface area contributed by atoms with Gasteiger partial charge in [-0.05, 0) is 42.5 Å². The average Bonchev–Trinajstić information content (AvgIpc) is 2.94. The van der Waals surface area contributed by atoms with Crippen molar-refractivity contribution < 1.29 is 17.8 Å². The van der Waals surface area contributed by atoms with Gasteiger partial charge in [0.2, 0.25) is 0 Å². The van der Waals surface area contributed by atoms with E-state index in [0.29, 0.717) is 16.0 Å². The Morgan fingerprint density at radius 3 is 2.43 bits per heavy atom. The van der Waals surface area contributed by atoms with E-state index in [1.807, 2.05) is 6.07 Å². The zero-order chi connectivity index (χ0) is 15.5. The minimum Gasteiger partial charge on any atom is -0.281 e. The highest BCUT2D eigenvalue weighted by atomic mass is 32.3. The lowest BCUT2D eigenvalue weighted by Gasteiger charge is -1.91. The van der Waals surface area contributed by atoms with E-state index in [1.54, 1.807) is 24.3 Å². The first kappa shape index (κ1) is 15.1. The molecule has 0 atom stereocenters. The molecule has 0 spiro atoms. The number of ketones is 1. The second-order valence-corrected chi connectivity index (χ2v) is 6.80. The molecule has 0 radical (unpaired) electrons. The molecule has 0 aliphatic heterocycles. The summed E-state index contributed by atoms with van der Waals surface area (Å²) >= 11 is 0.891. The highest BCUT2D eigenvalue weighted by Crippen LogP contribution is 2.22. The van der Waals surface area contributed by atoms with Crippen molar-refractivity contribution in [1.82, 2.24) is 0 Å². The summed E-state index contributed by atoms with van der Waals surface area (Å²) in [6.07, 6.45) is 2.95. The molecule has 5 nitrogen and oxygen atoms in total. The van der Waals surface area contributed by atoms with Crippen LogP contribution >= 0.6 is 11.3 Å². The van der Waals surface area contributed by atoms with Crippen LogP contribution in [-0.4, -0.2) is 23.5 Å². The average molecular weight is 320 g/mol. The Hall–Kier alpha value is -2.27. The smallest absolute Gasteiger partial charge is 0.281 e. The van der Waals surface area contributed by atoms with Crippen LogP contribution in [0.3, 0.4) is 0 Å². The molecule has 7 heteroatoms. The van der Waals surface area contributed by atoms with Crippen molar-refractivity contribution in [2.75, 3.05) is 0 Å². The zero-order valence-corrected chi connectivity index (χ0v) is 12.2. The number of allylic oxidation sites excluding steroid dienone is 1. The molecule has 2 rings (SSSR count). The molecule has 1 aromatic carbocycles. The largest absolute Gasteiger partial charge is 0.347 e. The molecule has 0 amide bonds. The lowest BCUT2D eigenvalue weighted by Crippen LogP contribution is -1.95. The SMILES string of the molecule is N#Cc1ccc(C(=[OH+])/C=C/c2ccc(S(=O)(=O)O)s2)cc1. The minimum absolute atomic E-state index is 0.0127. The number of rotatable bonds is 4. The first-order chi connectivity index (χ1) is 9.90. The van der Waals surface area contributed by atoms with Gasteiger partial charge in [-0.3, -0.25) is 9.35 Å². The highest BCUT2D eigenvalue weighted by Gasteiger charge is 2.12. The van der Waals surface area contributed by atoms with E-state index < -0.39 is 10.1 Å². The van der Waals surface area contributed by atoms with Crippen molar-refractivity contribution in [3.8, 4) is 6.07 Å². The molecular formula is C14H10NO4S2+. The third-order valence-electron chi connectivity index (χ3n) is 2.57. The number of nitrogens with zero attached hydrogens (tertiary/aromatic N) is 1. The van der Waals surface area contributed by atoms with Crippen molar-refractivity contribution in [1.29, 1.82) is 5.26 Å². The summed E-state index contributed by atoms with van der Waals surface area (Å²) in [5, 5.41) is 8.69. The number of thiophene rings is 1. The van der Waals surface area contributed by atoms with Gasteiger partial charge < -0.3 is 0 Å². The molecule has 0 fully saturated rings. The van der Waals surface area contributed by atoms with Crippen LogP contribution in [0.2, 0.25) is 0 Å². The molecule has 21 heavy (non-hydrogen) atoms. The molecule has 0 aliphatic carbocycles. The van der Waals surface area contributed by atoms with Gasteiger partial charge >= 0.3 is 15.9 Å². The Balaban J connectivity index is 2.15. The molecule has 2 N–H and O–H groups in total. The molecular weight excluding hydrogens is 310 g/mol. The molecule has 0 aliphatic rings. The number of hydrogen-bond acceptors (Lipinski definition) is 4. The normalized spacial score (nSPS) is 11.4. The fourth-order valence-corrected chi connectivity index (χ4v) is 3.13. The van der Waals surface area contributed by atoms with Crippen molar-refractivity contribution in [3.05, 3.63) is 58.5 Å². The van der Waals surface area contributed by atoms with Gasteiger partial charge in [-0.25, -0.2) is 0 Å². The maximum absolute atomic E-state index is 10.9. The predicted octanol–water partition coefficient (Wildman–Crippen LogP) is 2.47. The number of carbonyl (C=O) groups excluding carboxylic acids is 1. The van der Waals surface area contributed by atoms with E-state index in [0.717, 1.165) is 11.3 Å². The first-order valence-electron chi connectivity index (χ1n) is 5.72. The molecule has 2 aromatic rings. The number of benzene rings is 1. The van der Waals surface area contributed by atoms with Crippen LogP contribution in [-0.2, 0) is 10.1 Å². The molecule has 0 saturated heterocycles. The second kappa shape index (κ2) is 6.01. The molecule has 0 bridgehead atoms. The molecule has 1 aromatic heterocycles. The van der Waals surface area contributed by atoms with Crippen molar-refractivity contribution in [3.63, 3.8) is 0 Å². The van der Waals surface area contributed by atoms with Crippen LogP contribution in [0.25, 0.3) is 6.08 Å². The maximum atomic E-state index is 10.9. The lowest BCUT2D eigenvalue weighted by molar-refractivity contribution is 0.485. The fourth-order valence-electron chi connectivity index (χ4n) is 1.54. The van der Waals surface area contributed by atoms with E-state index in [-0.39, 0.29) is 9.99 Å². The van der Waals surface area contributed by atoms with Crippen molar-refractivity contribution in [2.45, 2.75) is 4.21 Å². The van der Waals surface area contributed by atoms with E-state index in [1.165, 1.54) is 24.3 Å². The van der Waals surface area contributed by atoms with E-state index in [9.17, 15) is 13.2 Å². The summed E-state index contributed by atoms with van der Waals surface area (Å²) in [5.41, 5.74) is 1.03. The Labute approximate surface area is 125 Å². The molecule has 0 saturated carbocycles. The highest BCUT2D eigenvalue weighted by molar-refractivity contribution is 7.88. The molecule has 1 heterocycles. The van der Waals surface area contributed by atoms with Gasteiger partial charge in [0.05, 0.1) is 17.2 Å². The van der Waals surface area contributed by atoms with Gasteiger partial charge in [0.1, 0.15) is 4.21 Å². The Morgan fingerprint density at radius 2 is 1.90 bits per heavy atom. The van der Waals surface area contributed by atoms with Crippen LogP contribution in [0.4, 0.5) is 0 Å². The van der Waals surface area contributed by atoms with Crippen molar-refractivity contribution >= 4 is 33.3 Å². The third kappa shape index (κ3) is 3.86. The molecule has 0 unspecified atom stereocenters. The quantitative estimate of drug-likeness (QED) is 0.405. The number of nitriles is 1. The van der Waals surface area contributed by atoms with E-state index >= 15 is 0 Å². The van der Waals surface area contributed by atoms with Gasteiger partial charge in [-0.2, -0.15) is 13.7 Å². The van der Waals surface area contributed by atoms with Crippen LogP contribution in [0, 0.1) is 11.3 Å². The topological polar surface area (TPSA) is 99.6 Å². The maximum Gasteiger partial charge on any atom is 0.347 e. The molecule has 106 valence electrons. The summed E-state index contributed by atoms with van der Waals surface area (Å²) in [7, 11) is -4.20. The van der Waals surface area contributed by atoms with Crippen molar-refractivity contribution in [2.24, 2.45) is 0 Å². The zero-order valence-electron chi connectivity index (χ0n) is 10.6. The summed E-state index contributed by atoms with van der Waals surface area (Å²) in [6.45, 7) is 0. The van der Waals surface area contributed by atoms with E-state index in [2.05, 4.69) is 0 Å². The first-order valence-corrected chi connectivity index (χ1v) is 7.97. The standard InChI is InChI=1S/C14H9NO4S2/c15-9-10-1-3-11(4-2-10)13(16)7-5-12-6-8-14(20-12)21(17,18)19/h1-8H,(H,17,18,19)/p+1/b7-5+. The minimum atomic E-state index is -4.20. The van der Waals surface area contributed by atoms with Crippen LogP contribution < -0.4 is 0 Å². The Kier molecular flexibility index (Phi) is 4.33. The lowest BCUT2D eigenvalue weighted by atomic mass is 10.1. The summed E-state index contributed by atoms with van der Waals surface area (Å²) in [4.78, 5) is 10.5. The van der Waals surface area contributed by atoms with Gasteiger partial charge in [0.15, 0.2) is 0 Å². The summed E-state index contributed by atoms with van der Waals surface area (Å²) in [5.74, 6) is -0.0127. The van der Waals surface area contributed by atoms with E-state index in [4.69, 9.17) is 9.81 Å². The third-order valence-corrected chi connectivity index (χ3v) is 4.94. The predicted molar refractivity (Wildman–Crippen MR) is 80.4 cm³/mol. The van der Waals surface area contributed by atoms with Crippen LogP contribution in [0.15, 0.2) is 46.7 Å². The van der Waals surface area contributed by atoms with Gasteiger partial charge in [0.25, 0.3) is 0 Å². The number of hydrogen-bond donors (Lipinski definition) is 1. The Bertz CT molecular complexity index is 840. The van der Waals surface area contributed by atoms with Crippen LogP contribution in [0.1, 0.15) is 16.0 Å². The van der Waals surface area contributed by atoms with Gasteiger partial charge in [0, 0.05) is 11.0 Å².